The van der Waals surface area contributed by atoms with Gasteiger partial charge in [0.05, 0.1) is 41.2 Å². The van der Waals surface area contributed by atoms with Crippen LogP contribution in [-0.4, -0.2) is 104 Å². The zero-order valence-electron chi connectivity index (χ0n) is 19.3. The van der Waals surface area contributed by atoms with Crippen LogP contribution in [0.3, 0.4) is 0 Å². The highest BCUT2D eigenvalue weighted by Crippen LogP contribution is 2.38. The van der Waals surface area contributed by atoms with Gasteiger partial charge in [0.2, 0.25) is 5.75 Å². The lowest BCUT2D eigenvalue weighted by molar-refractivity contribution is 0.0729. The van der Waals surface area contributed by atoms with Gasteiger partial charge >= 0.3 is 0 Å². The van der Waals surface area contributed by atoms with Crippen LogP contribution in [-0.2, 0) is 16.0 Å². The summed E-state index contributed by atoms with van der Waals surface area (Å²) in [5, 5.41) is 3.37. The standard InChI is InChI=1S/C21H36N4O5.HI/c1-22-21(23-6-11-30-13-12-26-2)25-9-7-24(8-10-25)16-17-14-18(27-3)20(29-5)19(15-17)28-4;/h14-15H,6-13,16H2,1-5H3,(H,22,23);1H. The molecule has 1 N–H and O–H groups in total. The molecular weight excluding hydrogens is 515 g/mol. The Hall–Kier alpha value is -1.50. The van der Waals surface area contributed by atoms with E-state index >= 15 is 0 Å². The quantitative estimate of drug-likeness (QED) is 0.193. The molecule has 1 aromatic rings. The smallest absolute Gasteiger partial charge is 0.203 e. The van der Waals surface area contributed by atoms with Crippen LogP contribution in [0.4, 0.5) is 0 Å². The highest BCUT2D eigenvalue weighted by atomic mass is 127. The first-order valence-corrected chi connectivity index (χ1v) is 10.2. The van der Waals surface area contributed by atoms with Crippen LogP contribution < -0.4 is 19.5 Å². The summed E-state index contributed by atoms with van der Waals surface area (Å²) in [6, 6.07) is 4.02. The first-order chi connectivity index (χ1) is 14.7. The molecule has 178 valence electrons. The van der Waals surface area contributed by atoms with E-state index in [-0.39, 0.29) is 24.0 Å². The van der Waals surface area contributed by atoms with E-state index in [1.165, 1.54) is 0 Å². The van der Waals surface area contributed by atoms with E-state index in [9.17, 15) is 0 Å². The molecular formula is C21H37IN4O5. The van der Waals surface area contributed by atoms with Crippen molar-refractivity contribution >= 4 is 29.9 Å². The number of methoxy groups -OCH3 is 4. The zero-order chi connectivity index (χ0) is 21.8. The molecule has 0 spiro atoms. The van der Waals surface area contributed by atoms with Gasteiger partial charge in [0.15, 0.2) is 17.5 Å². The number of hydrogen-bond donors (Lipinski definition) is 1. The largest absolute Gasteiger partial charge is 0.493 e. The molecule has 1 aliphatic heterocycles. The van der Waals surface area contributed by atoms with Crippen molar-refractivity contribution in [2.75, 3.05) is 88.0 Å². The molecule has 10 heteroatoms. The van der Waals surface area contributed by atoms with Gasteiger partial charge in [-0.25, -0.2) is 0 Å². The second-order valence-electron chi connectivity index (χ2n) is 6.88. The molecule has 31 heavy (non-hydrogen) atoms. The van der Waals surface area contributed by atoms with Crippen molar-refractivity contribution in [2.24, 2.45) is 4.99 Å². The molecule has 9 nitrogen and oxygen atoms in total. The molecule has 0 radical (unpaired) electrons. The second kappa shape index (κ2) is 15.3. The summed E-state index contributed by atoms with van der Waals surface area (Å²) >= 11 is 0. The van der Waals surface area contributed by atoms with Crippen LogP contribution in [0.15, 0.2) is 17.1 Å². The molecule has 1 aliphatic rings. The summed E-state index contributed by atoms with van der Waals surface area (Å²) in [4.78, 5) is 9.10. The van der Waals surface area contributed by atoms with E-state index < -0.39 is 0 Å². The average Bonchev–Trinajstić information content (AvgIpc) is 2.78. The maximum atomic E-state index is 5.50. The normalized spacial score (nSPS) is 14.7. The topological polar surface area (TPSA) is 77.0 Å². The van der Waals surface area contributed by atoms with Gasteiger partial charge in [-0.05, 0) is 17.7 Å². The third kappa shape index (κ3) is 8.51. The van der Waals surface area contributed by atoms with Gasteiger partial charge in [-0.2, -0.15) is 0 Å². The number of hydrogen-bond acceptors (Lipinski definition) is 7. The maximum absolute atomic E-state index is 5.50. The highest BCUT2D eigenvalue weighted by molar-refractivity contribution is 14.0. The lowest BCUT2D eigenvalue weighted by Gasteiger charge is -2.36. The van der Waals surface area contributed by atoms with Crippen molar-refractivity contribution in [1.29, 1.82) is 0 Å². The fourth-order valence-corrected chi connectivity index (χ4v) is 3.41. The predicted molar refractivity (Wildman–Crippen MR) is 132 cm³/mol. The Kier molecular flexibility index (Phi) is 13.6. The fourth-order valence-electron chi connectivity index (χ4n) is 3.41. The van der Waals surface area contributed by atoms with E-state index in [2.05, 4.69) is 20.1 Å². The minimum atomic E-state index is 0. The molecule has 1 saturated heterocycles. The van der Waals surface area contributed by atoms with Gasteiger partial charge in [-0.3, -0.25) is 9.89 Å². The number of rotatable bonds is 11. The minimum absolute atomic E-state index is 0. The van der Waals surface area contributed by atoms with Crippen LogP contribution in [0.2, 0.25) is 0 Å². The molecule has 0 saturated carbocycles. The van der Waals surface area contributed by atoms with Crippen molar-refractivity contribution in [3.63, 3.8) is 0 Å². The Balaban J connectivity index is 0.00000480. The Morgan fingerprint density at radius 1 is 0.935 bits per heavy atom. The third-order valence-corrected chi connectivity index (χ3v) is 4.98. The molecule has 0 aromatic heterocycles. The van der Waals surface area contributed by atoms with Crippen molar-refractivity contribution in [3.8, 4) is 17.2 Å². The van der Waals surface area contributed by atoms with Crippen molar-refractivity contribution in [1.82, 2.24) is 15.1 Å². The van der Waals surface area contributed by atoms with Crippen molar-refractivity contribution < 1.29 is 23.7 Å². The summed E-state index contributed by atoms with van der Waals surface area (Å²) in [6.07, 6.45) is 0. The summed E-state index contributed by atoms with van der Waals surface area (Å²) in [7, 11) is 8.38. The van der Waals surface area contributed by atoms with E-state index in [0.717, 1.165) is 50.8 Å². The van der Waals surface area contributed by atoms with Crippen LogP contribution >= 0.6 is 24.0 Å². The van der Waals surface area contributed by atoms with Gasteiger partial charge < -0.3 is 33.9 Å². The van der Waals surface area contributed by atoms with Crippen LogP contribution in [0.1, 0.15) is 5.56 Å². The van der Waals surface area contributed by atoms with Crippen molar-refractivity contribution in [2.45, 2.75) is 6.54 Å². The summed E-state index contributed by atoms with van der Waals surface area (Å²) in [5.74, 6) is 2.90. The lowest BCUT2D eigenvalue weighted by Crippen LogP contribution is -2.52. The summed E-state index contributed by atoms with van der Waals surface area (Å²) in [5.41, 5.74) is 1.13. The number of benzene rings is 1. The molecule has 0 aliphatic carbocycles. The first kappa shape index (κ1) is 27.5. The molecule has 0 atom stereocenters. The van der Waals surface area contributed by atoms with Crippen LogP contribution in [0.25, 0.3) is 0 Å². The van der Waals surface area contributed by atoms with Crippen LogP contribution in [0.5, 0.6) is 17.2 Å². The van der Waals surface area contributed by atoms with Gasteiger partial charge in [-0.1, -0.05) is 0 Å². The molecule has 0 bridgehead atoms. The fraction of sp³-hybridized carbons (Fsp3) is 0.667. The monoisotopic (exact) mass is 552 g/mol. The molecule has 1 aromatic carbocycles. The van der Waals surface area contributed by atoms with E-state index in [0.29, 0.717) is 37.1 Å². The molecule has 1 heterocycles. The Labute approximate surface area is 203 Å². The highest BCUT2D eigenvalue weighted by Gasteiger charge is 2.21. The van der Waals surface area contributed by atoms with Gasteiger partial charge in [0, 0.05) is 53.4 Å². The molecule has 1 fully saturated rings. The number of nitrogens with zero attached hydrogens (tertiary/aromatic N) is 3. The van der Waals surface area contributed by atoms with E-state index in [4.69, 9.17) is 23.7 Å². The van der Waals surface area contributed by atoms with E-state index in [1.807, 2.05) is 19.2 Å². The minimum Gasteiger partial charge on any atom is -0.493 e. The Morgan fingerprint density at radius 3 is 2.10 bits per heavy atom. The molecule has 0 amide bonds. The number of halogens is 1. The summed E-state index contributed by atoms with van der Waals surface area (Å²) in [6.45, 7) is 7.11. The number of guanidine groups is 1. The van der Waals surface area contributed by atoms with Gasteiger partial charge in [0.25, 0.3) is 0 Å². The molecule has 0 unspecified atom stereocenters. The zero-order valence-corrected chi connectivity index (χ0v) is 21.6. The van der Waals surface area contributed by atoms with Gasteiger partial charge in [-0.15, -0.1) is 24.0 Å². The number of piperazine rings is 1. The van der Waals surface area contributed by atoms with Crippen LogP contribution in [0, 0.1) is 0 Å². The van der Waals surface area contributed by atoms with Crippen molar-refractivity contribution in [3.05, 3.63) is 17.7 Å². The number of aliphatic imine (C=N–C) groups is 1. The predicted octanol–water partition coefficient (Wildman–Crippen LogP) is 1.69. The average molecular weight is 552 g/mol. The second-order valence-corrected chi connectivity index (χ2v) is 6.88. The SMILES string of the molecule is CN=C(NCCOCCOC)N1CCN(Cc2cc(OC)c(OC)c(OC)c2)CC1.I. The number of nitrogens with one attached hydrogen (secondary N) is 1. The Morgan fingerprint density at radius 2 is 1.58 bits per heavy atom. The van der Waals surface area contributed by atoms with E-state index in [1.54, 1.807) is 28.4 Å². The summed E-state index contributed by atoms with van der Waals surface area (Å²) < 4.78 is 26.8. The molecule has 2 rings (SSSR count). The Bertz CT molecular complexity index is 644. The maximum Gasteiger partial charge on any atom is 0.203 e. The lowest BCUT2D eigenvalue weighted by atomic mass is 10.1. The first-order valence-electron chi connectivity index (χ1n) is 10.2. The number of ether oxygens (including phenoxy) is 5. The third-order valence-electron chi connectivity index (χ3n) is 4.98. The van der Waals surface area contributed by atoms with Gasteiger partial charge in [0.1, 0.15) is 0 Å².